The lowest BCUT2D eigenvalue weighted by Crippen LogP contribution is -2.16. The van der Waals surface area contributed by atoms with Gasteiger partial charge in [0.15, 0.2) is 11.5 Å². The number of aryl methyl sites for hydroxylation is 1. The number of phenols is 1. The molecule has 0 fully saturated rings. The second-order valence-electron chi connectivity index (χ2n) is 6.17. The summed E-state index contributed by atoms with van der Waals surface area (Å²) in [5.74, 6) is 0.880. The number of rotatable bonds is 5. The van der Waals surface area contributed by atoms with Crippen molar-refractivity contribution in [2.45, 2.75) is 32.6 Å². The van der Waals surface area contributed by atoms with Gasteiger partial charge < -0.3 is 9.84 Å². The average Bonchev–Trinajstić information content (AvgIpc) is 3.06. The van der Waals surface area contributed by atoms with E-state index in [2.05, 4.69) is 17.5 Å². The first-order valence-corrected chi connectivity index (χ1v) is 9.25. The van der Waals surface area contributed by atoms with Crippen molar-refractivity contribution in [3.8, 4) is 11.5 Å². The number of fused-ring (bicyclic) bond motifs is 1. The molecule has 0 unspecified atom stereocenters. The number of amides is 1. The smallest absolute Gasteiger partial charge is 0.281 e. The summed E-state index contributed by atoms with van der Waals surface area (Å²) >= 11 is 1.56. The lowest BCUT2D eigenvalue weighted by Gasteiger charge is -2.19. The third kappa shape index (κ3) is 3.85. The summed E-state index contributed by atoms with van der Waals surface area (Å²) in [6, 6.07) is 7.10. The summed E-state index contributed by atoms with van der Waals surface area (Å²) in [5.41, 5.74) is 4.33. The van der Waals surface area contributed by atoms with E-state index in [1.165, 1.54) is 36.6 Å². The molecule has 1 aromatic heterocycles. The van der Waals surface area contributed by atoms with Crippen molar-refractivity contribution >= 4 is 23.5 Å². The van der Waals surface area contributed by atoms with Gasteiger partial charge >= 0.3 is 0 Å². The standard InChI is InChI=1S/C19H22N2O3S/c1-3-12-7-8-16-14(9-12)10-17(25-16)19(23)21-20-11-13-5-4-6-15(24-2)18(13)22/h4-6,10-12,22H,3,7-9H2,1-2H3,(H,21,23)/b20-11+/t12-/m1/s1. The van der Waals surface area contributed by atoms with E-state index >= 15 is 0 Å². The third-order valence-electron chi connectivity index (χ3n) is 4.61. The van der Waals surface area contributed by atoms with E-state index in [0.717, 1.165) is 18.8 Å². The maximum Gasteiger partial charge on any atom is 0.281 e. The highest BCUT2D eigenvalue weighted by molar-refractivity contribution is 7.14. The fourth-order valence-electron chi connectivity index (χ4n) is 3.08. The average molecular weight is 358 g/mol. The Morgan fingerprint density at radius 1 is 1.52 bits per heavy atom. The zero-order valence-electron chi connectivity index (χ0n) is 14.4. The number of hydrogen-bond acceptors (Lipinski definition) is 5. The van der Waals surface area contributed by atoms with Gasteiger partial charge in [0, 0.05) is 10.4 Å². The van der Waals surface area contributed by atoms with Crippen LogP contribution in [0.25, 0.3) is 0 Å². The summed E-state index contributed by atoms with van der Waals surface area (Å²) in [6.45, 7) is 2.22. The zero-order chi connectivity index (χ0) is 17.8. The molecule has 2 N–H and O–H groups in total. The van der Waals surface area contributed by atoms with Crippen molar-refractivity contribution in [3.63, 3.8) is 0 Å². The van der Waals surface area contributed by atoms with Gasteiger partial charge in [-0.15, -0.1) is 11.3 Å². The quantitative estimate of drug-likeness (QED) is 0.632. The van der Waals surface area contributed by atoms with Crippen LogP contribution in [0.1, 0.15) is 45.4 Å². The Hall–Kier alpha value is -2.34. The van der Waals surface area contributed by atoms with Gasteiger partial charge in [-0.05, 0) is 48.9 Å². The number of hydrazone groups is 1. The van der Waals surface area contributed by atoms with Crippen molar-refractivity contribution in [2.24, 2.45) is 11.0 Å². The number of para-hydroxylation sites is 1. The molecule has 0 saturated carbocycles. The van der Waals surface area contributed by atoms with Crippen LogP contribution in [0.2, 0.25) is 0 Å². The summed E-state index contributed by atoms with van der Waals surface area (Å²) in [4.78, 5) is 14.3. The molecule has 0 spiro atoms. The van der Waals surface area contributed by atoms with Crippen LogP contribution in [0.3, 0.4) is 0 Å². The molecule has 132 valence electrons. The Balaban J connectivity index is 1.66. The number of nitrogens with one attached hydrogen (secondary N) is 1. The molecular weight excluding hydrogens is 336 g/mol. The molecule has 25 heavy (non-hydrogen) atoms. The van der Waals surface area contributed by atoms with E-state index in [1.54, 1.807) is 29.5 Å². The first-order valence-electron chi connectivity index (χ1n) is 8.43. The Morgan fingerprint density at radius 3 is 3.12 bits per heavy atom. The topological polar surface area (TPSA) is 70.9 Å². The van der Waals surface area contributed by atoms with E-state index in [0.29, 0.717) is 16.2 Å². The second-order valence-corrected chi connectivity index (χ2v) is 7.31. The first kappa shape index (κ1) is 17.5. The summed E-state index contributed by atoms with van der Waals surface area (Å²) in [6.07, 6.45) is 5.93. The van der Waals surface area contributed by atoms with Crippen molar-refractivity contribution in [2.75, 3.05) is 7.11 Å². The number of hydrogen-bond donors (Lipinski definition) is 2. The van der Waals surface area contributed by atoms with Crippen molar-refractivity contribution < 1.29 is 14.6 Å². The summed E-state index contributed by atoms with van der Waals surface area (Å²) < 4.78 is 5.05. The van der Waals surface area contributed by atoms with Crippen molar-refractivity contribution in [3.05, 3.63) is 45.1 Å². The monoisotopic (exact) mass is 358 g/mol. The lowest BCUT2D eigenvalue weighted by molar-refractivity contribution is 0.0959. The van der Waals surface area contributed by atoms with Gasteiger partial charge in [-0.2, -0.15) is 5.10 Å². The van der Waals surface area contributed by atoms with Gasteiger partial charge in [0.25, 0.3) is 5.91 Å². The van der Waals surface area contributed by atoms with Gasteiger partial charge in [0.05, 0.1) is 18.2 Å². The maximum atomic E-state index is 12.3. The number of thiophene rings is 1. The molecule has 0 aliphatic heterocycles. The van der Waals surface area contributed by atoms with Gasteiger partial charge in [-0.25, -0.2) is 5.43 Å². The molecule has 5 nitrogen and oxygen atoms in total. The molecule has 1 aromatic carbocycles. The minimum atomic E-state index is -0.217. The number of methoxy groups -OCH3 is 1. The SMILES string of the molecule is CC[C@@H]1CCc2sc(C(=O)N/N=C/c3cccc(OC)c3O)cc2C1. The number of carbonyl (C=O) groups excluding carboxylic acids is 1. The van der Waals surface area contributed by atoms with Gasteiger partial charge in [-0.3, -0.25) is 4.79 Å². The van der Waals surface area contributed by atoms with Crippen molar-refractivity contribution in [1.29, 1.82) is 0 Å². The largest absolute Gasteiger partial charge is 0.504 e. The van der Waals surface area contributed by atoms with Crippen LogP contribution in [0.15, 0.2) is 29.4 Å². The number of nitrogens with zero attached hydrogens (tertiary/aromatic N) is 1. The van der Waals surface area contributed by atoms with E-state index in [1.807, 2.05) is 6.07 Å². The third-order valence-corrected chi connectivity index (χ3v) is 5.84. The van der Waals surface area contributed by atoms with E-state index in [9.17, 15) is 9.90 Å². The van der Waals surface area contributed by atoms with Crippen LogP contribution in [0, 0.1) is 5.92 Å². The van der Waals surface area contributed by atoms with Gasteiger partial charge in [0.1, 0.15) is 0 Å². The molecule has 0 radical (unpaired) electrons. The first-order chi connectivity index (χ1) is 12.1. The van der Waals surface area contributed by atoms with Gasteiger partial charge in [-0.1, -0.05) is 19.4 Å². The van der Waals surface area contributed by atoms with Gasteiger partial charge in [0.2, 0.25) is 0 Å². The Kier molecular flexibility index (Phi) is 5.38. The van der Waals surface area contributed by atoms with Crippen LogP contribution in [0.4, 0.5) is 0 Å². The number of ether oxygens (including phenoxy) is 1. The van der Waals surface area contributed by atoms with Crippen LogP contribution in [-0.4, -0.2) is 24.3 Å². The van der Waals surface area contributed by atoms with Crippen molar-refractivity contribution in [1.82, 2.24) is 5.43 Å². The predicted molar refractivity (Wildman–Crippen MR) is 99.8 cm³/mol. The Morgan fingerprint density at radius 2 is 2.36 bits per heavy atom. The molecule has 1 atom stereocenters. The molecule has 1 aliphatic rings. The highest BCUT2D eigenvalue weighted by Crippen LogP contribution is 2.33. The summed E-state index contributed by atoms with van der Waals surface area (Å²) in [5, 5.41) is 14.0. The number of phenolic OH excluding ortho intramolecular Hbond substituents is 1. The molecule has 2 aromatic rings. The number of benzene rings is 1. The number of aromatic hydroxyl groups is 1. The Bertz CT molecular complexity index is 798. The summed E-state index contributed by atoms with van der Waals surface area (Å²) in [7, 11) is 1.49. The molecule has 1 aliphatic carbocycles. The second kappa shape index (κ2) is 7.70. The van der Waals surface area contributed by atoms with Crippen LogP contribution >= 0.6 is 11.3 Å². The Labute approximate surface area is 151 Å². The molecule has 1 amide bonds. The molecule has 6 heteroatoms. The highest BCUT2D eigenvalue weighted by atomic mass is 32.1. The molecule has 1 heterocycles. The normalized spacial score (nSPS) is 16.6. The van der Waals surface area contributed by atoms with Crippen LogP contribution in [-0.2, 0) is 12.8 Å². The molecule has 3 rings (SSSR count). The van der Waals surface area contributed by atoms with E-state index < -0.39 is 0 Å². The molecular formula is C19H22N2O3S. The maximum absolute atomic E-state index is 12.3. The van der Waals surface area contributed by atoms with E-state index in [-0.39, 0.29) is 11.7 Å². The fourth-order valence-corrected chi connectivity index (χ4v) is 4.18. The number of carbonyl (C=O) groups is 1. The predicted octanol–water partition coefficient (Wildman–Crippen LogP) is 3.74. The minimum Gasteiger partial charge on any atom is -0.504 e. The molecule has 0 bridgehead atoms. The molecule has 0 saturated heterocycles. The van der Waals surface area contributed by atoms with Crippen LogP contribution in [0.5, 0.6) is 11.5 Å². The van der Waals surface area contributed by atoms with E-state index in [4.69, 9.17) is 4.74 Å². The lowest BCUT2D eigenvalue weighted by atomic mass is 9.87. The zero-order valence-corrected chi connectivity index (χ0v) is 15.2. The minimum absolute atomic E-state index is 0.000180. The highest BCUT2D eigenvalue weighted by Gasteiger charge is 2.21. The fraction of sp³-hybridized carbons (Fsp3) is 0.368. The van der Waals surface area contributed by atoms with Crippen LogP contribution < -0.4 is 10.2 Å².